The fourth-order valence-corrected chi connectivity index (χ4v) is 2.98. The van der Waals surface area contributed by atoms with Crippen molar-refractivity contribution in [2.45, 2.75) is 13.0 Å². The van der Waals surface area contributed by atoms with Crippen LogP contribution in [-0.4, -0.2) is 23.0 Å². The minimum Gasteiger partial charge on any atom is -0.497 e. The van der Waals surface area contributed by atoms with E-state index in [1.54, 1.807) is 13.3 Å². The van der Waals surface area contributed by atoms with Crippen molar-refractivity contribution in [1.82, 2.24) is 9.97 Å². The number of aromatic nitrogens is 2. The largest absolute Gasteiger partial charge is 0.497 e. The number of nitrogens with zero attached hydrogens (tertiary/aromatic N) is 2. The van der Waals surface area contributed by atoms with Gasteiger partial charge in [-0.1, -0.05) is 30.3 Å². The van der Waals surface area contributed by atoms with E-state index in [4.69, 9.17) is 4.74 Å². The molecule has 0 aliphatic carbocycles. The van der Waals surface area contributed by atoms with Gasteiger partial charge in [0.1, 0.15) is 5.75 Å². The molecule has 0 saturated carbocycles. The van der Waals surface area contributed by atoms with Crippen molar-refractivity contribution in [3.05, 3.63) is 65.9 Å². The lowest BCUT2D eigenvalue weighted by molar-refractivity contribution is -0.115. The number of para-hydroxylation sites is 1. The molecular formula is C20H18N4O2. The summed E-state index contributed by atoms with van der Waals surface area (Å²) in [4.78, 5) is 21.1. The van der Waals surface area contributed by atoms with Crippen LogP contribution < -0.4 is 15.4 Å². The maximum atomic E-state index is 12.1. The van der Waals surface area contributed by atoms with E-state index in [1.807, 2.05) is 48.5 Å². The fraction of sp³-hybridized carbons (Fsp3) is 0.150. The average Bonchev–Trinajstić information content (AvgIpc) is 2.81. The SMILES string of the molecule is COc1cccc(CNc2ncc3c(n2)-c2ccccc2NC(=O)C3)c1. The van der Waals surface area contributed by atoms with Crippen LogP contribution in [0.15, 0.2) is 54.7 Å². The first-order chi connectivity index (χ1) is 12.7. The number of amides is 1. The van der Waals surface area contributed by atoms with Gasteiger partial charge in [-0.2, -0.15) is 0 Å². The second kappa shape index (κ2) is 6.84. The third-order valence-electron chi connectivity index (χ3n) is 4.26. The zero-order chi connectivity index (χ0) is 17.9. The van der Waals surface area contributed by atoms with Crippen LogP contribution in [0.2, 0.25) is 0 Å². The van der Waals surface area contributed by atoms with Gasteiger partial charge in [0.05, 0.1) is 24.9 Å². The monoisotopic (exact) mass is 346 g/mol. The summed E-state index contributed by atoms with van der Waals surface area (Å²) < 4.78 is 5.25. The predicted molar refractivity (Wildman–Crippen MR) is 100 cm³/mol. The van der Waals surface area contributed by atoms with Crippen molar-refractivity contribution in [3.8, 4) is 17.0 Å². The first kappa shape index (κ1) is 16.1. The Bertz CT molecular complexity index is 972. The molecule has 0 bridgehead atoms. The number of carbonyl (C=O) groups is 1. The first-order valence-corrected chi connectivity index (χ1v) is 8.35. The van der Waals surface area contributed by atoms with Crippen LogP contribution in [0.4, 0.5) is 11.6 Å². The van der Waals surface area contributed by atoms with E-state index in [-0.39, 0.29) is 12.3 Å². The lowest BCUT2D eigenvalue weighted by Gasteiger charge is -2.11. The third kappa shape index (κ3) is 3.21. The van der Waals surface area contributed by atoms with E-state index < -0.39 is 0 Å². The van der Waals surface area contributed by atoms with Crippen LogP contribution in [0.3, 0.4) is 0 Å². The van der Waals surface area contributed by atoms with Crippen LogP contribution in [0.25, 0.3) is 11.3 Å². The predicted octanol–water partition coefficient (Wildman–Crippen LogP) is 3.26. The first-order valence-electron chi connectivity index (χ1n) is 8.35. The topological polar surface area (TPSA) is 76.1 Å². The molecule has 6 heteroatoms. The van der Waals surface area contributed by atoms with Crippen molar-refractivity contribution in [1.29, 1.82) is 0 Å². The number of rotatable bonds is 4. The molecule has 0 unspecified atom stereocenters. The van der Waals surface area contributed by atoms with Crippen molar-refractivity contribution in [3.63, 3.8) is 0 Å². The van der Waals surface area contributed by atoms with Crippen molar-refractivity contribution in [2.24, 2.45) is 0 Å². The van der Waals surface area contributed by atoms with Gasteiger partial charge in [0.15, 0.2) is 0 Å². The van der Waals surface area contributed by atoms with Crippen molar-refractivity contribution < 1.29 is 9.53 Å². The Morgan fingerprint density at radius 2 is 2.08 bits per heavy atom. The highest BCUT2D eigenvalue weighted by atomic mass is 16.5. The Balaban J connectivity index is 1.63. The van der Waals surface area contributed by atoms with E-state index in [1.165, 1.54) is 0 Å². The Kier molecular flexibility index (Phi) is 4.23. The molecule has 2 N–H and O–H groups in total. The lowest BCUT2D eigenvalue weighted by atomic mass is 10.1. The van der Waals surface area contributed by atoms with Gasteiger partial charge in [0, 0.05) is 23.9 Å². The molecular weight excluding hydrogens is 328 g/mol. The second-order valence-corrected chi connectivity index (χ2v) is 6.04. The Hall–Kier alpha value is -3.41. The van der Waals surface area contributed by atoms with E-state index in [0.29, 0.717) is 12.5 Å². The maximum Gasteiger partial charge on any atom is 0.228 e. The Morgan fingerprint density at radius 1 is 1.19 bits per heavy atom. The lowest BCUT2D eigenvalue weighted by Crippen LogP contribution is -2.12. The number of hydrogen-bond acceptors (Lipinski definition) is 5. The molecule has 130 valence electrons. The normalized spacial score (nSPS) is 12.4. The Morgan fingerprint density at radius 3 is 2.96 bits per heavy atom. The Labute approximate surface area is 151 Å². The van der Waals surface area contributed by atoms with Gasteiger partial charge in [0.2, 0.25) is 11.9 Å². The maximum absolute atomic E-state index is 12.1. The number of nitrogens with one attached hydrogen (secondary N) is 2. The number of anilines is 2. The van der Waals surface area contributed by atoms with Gasteiger partial charge in [-0.15, -0.1) is 0 Å². The van der Waals surface area contributed by atoms with Crippen molar-refractivity contribution in [2.75, 3.05) is 17.7 Å². The number of methoxy groups -OCH3 is 1. The van der Waals surface area contributed by atoms with Crippen molar-refractivity contribution >= 4 is 17.5 Å². The average molecular weight is 346 g/mol. The van der Waals surface area contributed by atoms with Crippen LogP contribution in [0, 0.1) is 0 Å². The molecule has 0 spiro atoms. The summed E-state index contributed by atoms with van der Waals surface area (Å²) in [6, 6.07) is 15.5. The number of hydrogen-bond donors (Lipinski definition) is 2. The van der Waals surface area contributed by atoms with Gasteiger partial charge in [-0.3, -0.25) is 4.79 Å². The van der Waals surface area contributed by atoms with E-state index in [0.717, 1.165) is 33.8 Å². The number of carbonyl (C=O) groups excluding carboxylic acids is 1. The van der Waals surface area contributed by atoms with E-state index >= 15 is 0 Å². The summed E-state index contributed by atoms with van der Waals surface area (Å²) in [5, 5.41) is 6.16. The molecule has 6 nitrogen and oxygen atoms in total. The molecule has 1 aliphatic rings. The van der Waals surface area contributed by atoms with Crippen LogP contribution in [-0.2, 0) is 17.8 Å². The number of fused-ring (bicyclic) bond motifs is 3. The molecule has 1 aromatic heterocycles. The highest BCUT2D eigenvalue weighted by molar-refractivity contribution is 5.99. The summed E-state index contributed by atoms with van der Waals surface area (Å²) in [6.07, 6.45) is 1.98. The molecule has 2 heterocycles. The van der Waals surface area contributed by atoms with Crippen LogP contribution in [0.5, 0.6) is 5.75 Å². The van der Waals surface area contributed by atoms with E-state index in [9.17, 15) is 4.79 Å². The molecule has 0 radical (unpaired) electrons. The van der Waals surface area contributed by atoms with Gasteiger partial charge >= 0.3 is 0 Å². The zero-order valence-electron chi connectivity index (χ0n) is 14.3. The minimum atomic E-state index is -0.0584. The fourth-order valence-electron chi connectivity index (χ4n) is 2.98. The summed E-state index contributed by atoms with van der Waals surface area (Å²) in [5.74, 6) is 1.28. The molecule has 1 aliphatic heterocycles. The zero-order valence-corrected chi connectivity index (χ0v) is 14.3. The highest BCUT2D eigenvalue weighted by Gasteiger charge is 2.20. The van der Waals surface area contributed by atoms with Gasteiger partial charge < -0.3 is 15.4 Å². The van der Waals surface area contributed by atoms with Gasteiger partial charge in [0.25, 0.3) is 0 Å². The minimum absolute atomic E-state index is 0.0584. The molecule has 1 amide bonds. The number of ether oxygens (including phenoxy) is 1. The smallest absolute Gasteiger partial charge is 0.228 e. The standard InChI is InChI=1S/C20H18N4O2/c1-26-15-6-4-5-13(9-15)11-21-20-22-12-14-10-18(25)23-17-8-3-2-7-16(17)19(14)24-20/h2-9,12H,10-11H2,1H3,(H,23,25)(H,21,22,24). The van der Waals surface area contributed by atoms with Gasteiger partial charge in [-0.05, 0) is 23.8 Å². The van der Waals surface area contributed by atoms with E-state index in [2.05, 4.69) is 20.6 Å². The highest BCUT2D eigenvalue weighted by Crippen LogP contribution is 2.32. The van der Waals surface area contributed by atoms with Gasteiger partial charge in [-0.25, -0.2) is 9.97 Å². The quantitative estimate of drug-likeness (QED) is 0.758. The molecule has 2 aromatic carbocycles. The summed E-state index contributed by atoms with van der Waals surface area (Å²) >= 11 is 0. The third-order valence-corrected chi connectivity index (χ3v) is 4.26. The number of benzene rings is 2. The van der Waals surface area contributed by atoms with Crippen LogP contribution in [0.1, 0.15) is 11.1 Å². The molecule has 0 atom stereocenters. The molecule has 0 saturated heterocycles. The summed E-state index contributed by atoms with van der Waals surface area (Å²) in [6.45, 7) is 0.578. The molecule has 0 fully saturated rings. The summed E-state index contributed by atoms with van der Waals surface area (Å²) in [7, 11) is 1.65. The molecule has 3 aromatic rings. The summed E-state index contributed by atoms with van der Waals surface area (Å²) in [5.41, 5.74) is 4.34. The van der Waals surface area contributed by atoms with Crippen LogP contribution >= 0.6 is 0 Å². The molecule has 26 heavy (non-hydrogen) atoms. The second-order valence-electron chi connectivity index (χ2n) is 6.04. The molecule has 4 rings (SSSR count).